The highest BCUT2D eigenvalue weighted by molar-refractivity contribution is 6.31. The lowest BCUT2D eigenvalue weighted by Gasteiger charge is -2.03. The summed E-state index contributed by atoms with van der Waals surface area (Å²) in [5.74, 6) is 0.799. The molecule has 0 saturated heterocycles. The van der Waals surface area contributed by atoms with E-state index in [9.17, 15) is 0 Å². The molecule has 7 heteroatoms. The predicted octanol–water partition coefficient (Wildman–Crippen LogP) is 1.93. The van der Waals surface area contributed by atoms with Crippen LogP contribution in [0.1, 0.15) is 6.92 Å². The molecule has 6 nitrogen and oxygen atoms in total. The van der Waals surface area contributed by atoms with Crippen LogP contribution in [-0.2, 0) is 13.1 Å². The first-order valence-electron chi connectivity index (χ1n) is 6.49. The Morgan fingerprint density at radius 3 is 2.95 bits per heavy atom. The van der Waals surface area contributed by atoms with Gasteiger partial charge in [-0.05, 0) is 25.1 Å². The predicted molar refractivity (Wildman–Crippen MR) is 78.5 cm³/mol. The van der Waals surface area contributed by atoms with E-state index < -0.39 is 0 Å². The van der Waals surface area contributed by atoms with Crippen LogP contribution in [0.2, 0.25) is 5.02 Å². The molecule has 3 rings (SSSR count). The van der Waals surface area contributed by atoms with Crippen LogP contribution in [0, 0.1) is 0 Å². The van der Waals surface area contributed by atoms with Gasteiger partial charge in [-0.2, -0.15) is 0 Å². The summed E-state index contributed by atoms with van der Waals surface area (Å²) >= 11 is 6.06. The fourth-order valence-electron chi connectivity index (χ4n) is 2.25. The maximum atomic E-state index is 6.06. The van der Waals surface area contributed by atoms with E-state index in [0.29, 0.717) is 18.1 Å². The summed E-state index contributed by atoms with van der Waals surface area (Å²) in [7, 11) is 0. The van der Waals surface area contributed by atoms with Crippen LogP contribution >= 0.6 is 11.6 Å². The Balaban J connectivity index is 2.14. The van der Waals surface area contributed by atoms with Gasteiger partial charge >= 0.3 is 0 Å². The number of nitrogens with zero attached hydrogens (tertiary/aromatic N) is 5. The van der Waals surface area contributed by atoms with Gasteiger partial charge in [0.1, 0.15) is 5.69 Å². The lowest BCUT2D eigenvalue weighted by molar-refractivity contribution is 0.598. The monoisotopic (exact) mass is 290 g/mol. The molecule has 0 fully saturated rings. The maximum Gasteiger partial charge on any atom is 0.163 e. The second-order valence-corrected chi connectivity index (χ2v) is 4.90. The number of nitrogens with two attached hydrogens (primary N) is 1. The van der Waals surface area contributed by atoms with Crippen molar-refractivity contribution < 1.29 is 0 Å². The highest BCUT2D eigenvalue weighted by Crippen LogP contribution is 2.25. The molecule has 0 aliphatic heterocycles. The van der Waals surface area contributed by atoms with Crippen LogP contribution in [0.4, 0.5) is 0 Å². The largest absolute Gasteiger partial charge is 0.329 e. The van der Waals surface area contributed by atoms with Gasteiger partial charge in [0.25, 0.3) is 0 Å². The molecular weight excluding hydrogens is 276 g/mol. The molecule has 1 aromatic carbocycles. The van der Waals surface area contributed by atoms with Crippen molar-refractivity contribution in [1.29, 1.82) is 0 Å². The standard InChI is InChI=1S/C13H15ClN6/c1-2-20-12-7-9(14)3-4-10(12)16-13(20)11-8-19(6-5-15)18-17-11/h3-4,7-8H,2,5-6,15H2,1H3. The summed E-state index contributed by atoms with van der Waals surface area (Å²) in [6, 6.07) is 5.67. The number of fused-ring (bicyclic) bond motifs is 1. The molecule has 0 radical (unpaired) electrons. The molecule has 2 heterocycles. The highest BCUT2D eigenvalue weighted by atomic mass is 35.5. The molecule has 0 atom stereocenters. The van der Waals surface area contributed by atoms with Crippen molar-refractivity contribution in [2.24, 2.45) is 5.73 Å². The Kier molecular flexibility index (Phi) is 3.42. The van der Waals surface area contributed by atoms with E-state index in [0.717, 1.165) is 29.1 Å². The molecule has 2 N–H and O–H groups in total. The van der Waals surface area contributed by atoms with Crippen LogP contribution in [0.5, 0.6) is 0 Å². The second kappa shape index (κ2) is 5.22. The van der Waals surface area contributed by atoms with Crippen molar-refractivity contribution in [2.75, 3.05) is 6.54 Å². The second-order valence-electron chi connectivity index (χ2n) is 4.47. The molecule has 20 heavy (non-hydrogen) atoms. The Labute approximate surface area is 121 Å². The van der Waals surface area contributed by atoms with Crippen LogP contribution in [0.25, 0.3) is 22.6 Å². The number of hydrogen-bond acceptors (Lipinski definition) is 4. The SMILES string of the molecule is CCn1c(-c2cn(CCN)nn2)nc2ccc(Cl)cc21. The van der Waals surface area contributed by atoms with Crippen LogP contribution in [0.15, 0.2) is 24.4 Å². The first-order chi connectivity index (χ1) is 9.72. The van der Waals surface area contributed by atoms with Crippen LogP contribution in [0.3, 0.4) is 0 Å². The van der Waals surface area contributed by atoms with Gasteiger partial charge in [0, 0.05) is 18.1 Å². The minimum absolute atomic E-state index is 0.530. The summed E-state index contributed by atoms with van der Waals surface area (Å²) in [6.45, 7) is 4.03. The summed E-state index contributed by atoms with van der Waals surface area (Å²) in [4.78, 5) is 4.63. The van der Waals surface area contributed by atoms with Crippen molar-refractivity contribution in [3.8, 4) is 11.5 Å². The zero-order valence-corrected chi connectivity index (χ0v) is 11.9. The van der Waals surface area contributed by atoms with Crippen molar-refractivity contribution >= 4 is 22.6 Å². The fraction of sp³-hybridized carbons (Fsp3) is 0.308. The van der Waals surface area contributed by atoms with Gasteiger partial charge < -0.3 is 10.3 Å². The number of rotatable bonds is 4. The molecule has 104 valence electrons. The van der Waals surface area contributed by atoms with E-state index in [-0.39, 0.29) is 0 Å². The molecular formula is C13H15ClN6. The van der Waals surface area contributed by atoms with Crippen LogP contribution < -0.4 is 5.73 Å². The summed E-state index contributed by atoms with van der Waals surface area (Å²) < 4.78 is 3.81. The normalized spacial score (nSPS) is 11.3. The fourth-order valence-corrected chi connectivity index (χ4v) is 2.42. The molecule has 3 aromatic rings. The third-order valence-corrected chi connectivity index (χ3v) is 3.39. The topological polar surface area (TPSA) is 74.5 Å². The summed E-state index contributed by atoms with van der Waals surface area (Å²) in [5, 5.41) is 8.92. The van der Waals surface area contributed by atoms with E-state index in [1.165, 1.54) is 0 Å². The Hall–Kier alpha value is -1.92. The van der Waals surface area contributed by atoms with Crippen LogP contribution in [-0.4, -0.2) is 31.1 Å². The number of aromatic nitrogens is 5. The number of halogens is 1. The molecule has 0 aliphatic carbocycles. The third-order valence-electron chi connectivity index (χ3n) is 3.15. The molecule has 0 bridgehead atoms. The Morgan fingerprint density at radius 1 is 1.35 bits per heavy atom. The maximum absolute atomic E-state index is 6.06. The average molecular weight is 291 g/mol. The van der Waals surface area contributed by atoms with E-state index in [1.807, 2.05) is 24.4 Å². The van der Waals surface area contributed by atoms with Crippen molar-refractivity contribution in [1.82, 2.24) is 24.5 Å². The van der Waals surface area contributed by atoms with E-state index in [1.54, 1.807) is 4.68 Å². The lowest BCUT2D eigenvalue weighted by atomic mass is 10.3. The Morgan fingerprint density at radius 2 is 2.20 bits per heavy atom. The van der Waals surface area contributed by atoms with E-state index in [4.69, 9.17) is 17.3 Å². The minimum atomic E-state index is 0.530. The van der Waals surface area contributed by atoms with Gasteiger partial charge in [-0.3, -0.25) is 4.68 Å². The first-order valence-corrected chi connectivity index (χ1v) is 6.87. The molecule has 0 unspecified atom stereocenters. The average Bonchev–Trinajstić information content (AvgIpc) is 3.02. The van der Waals surface area contributed by atoms with Crippen molar-refractivity contribution in [2.45, 2.75) is 20.0 Å². The molecule has 0 saturated carbocycles. The van der Waals surface area contributed by atoms with Gasteiger partial charge in [-0.15, -0.1) is 5.10 Å². The minimum Gasteiger partial charge on any atom is -0.329 e. The van der Waals surface area contributed by atoms with Gasteiger partial charge in [0.05, 0.1) is 23.8 Å². The molecule has 0 amide bonds. The van der Waals surface area contributed by atoms with E-state index in [2.05, 4.69) is 26.8 Å². The zero-order valence-electron chi connectivity index (χ0n) is 11.1. The number of hydrogen-bond donors (Lipinski definition) is 1. The van der Waals surface area contributed by atoms with Crippen molar-refractivity contribution in [3.63, 3.8) is 0 Å². The third kappa shape index (κ3) is 2.17. The van der Waals surface area contributed by atoms with Gasteiger partial charge in [0.2, 0.25) is 0 Å². The molecule has 0 aliphatic rings. The number of aryl methyl sites for hydroxylation is 1. The Bertz CT molecular complexity index is 744. The van der Waals surface area contributed by atoms with Gasteiger partial charge in [0.15, 0.2) is 5.82 Å². The quantitative estimate of drug-likeness (QED) is 0.797. The first kappa shape index (κ1) is 13.1. The lowest BCUT2D eigenvalue weighted by Crippen LogP contribution is -2.10. The van der Waals surface area contributed by atoms with E-state index >= 15 is 0 Å². The van der Waals surface area contributed by atoms with Crippen molar-refractivity contribution in [3.05, 3.63) is 29.4 Å². The summed E-state index contributed by atoms with van der Waals surface area (Å²) in [6.07, 6.45) is 1.86. The van der Waals surface area contributed by atoms with Gasteiger partial charge in [-0.1, -0.05) is 16.8 Å². The summed E-state index contributed by atoms with van der Waals surface area (Å²) in [5.41, 5.74) is 8.17. The molecule has 2 aromatic heterocycles. The zero-order chi connectivity index (χ0) is 14.1. The van der Waals surface area contributed by atoms with Gasteiger partial charge in [-0.25, -0.2) is 4.98 Å². The number of imidazole rings is 1. The smallest absolute Gasteiger partial charge is 0.163 e. The highest BCUT2D eigenvalue weighted by Gasteiger charge is 2.14. The number of benzene rings is 1. The molecule has 0 spiro atoms.